The van der Waals surface area contributed by atoms with Gasteiger partial charge in [-0.3, -0.25) is 9.78 Å². The molecule has 0 aliphatic carbocycles. The molecule has 35 heavy (non-hydrogen) atoms. The second-order valence-electron chi connectivity index (χ2n) is 7.85. The number of carbonyl (C=O) groups is 1. The summed E-state index contributed by atoms with van der Waals surface area (Å²) in [5, 5.41) is 7.16. The number of benzene rings is 1. The maximum Gasteiger partial charge on any atom is 0.258 e. The fraction of sp³-hybridized carbons (Fsp3) is 0.208. The molecule has 9 nitrogen and oxygen atoms in total. The molecule has 0 saturated carbocycles. The Labute approximate surface area is 215 Å². The number of pyridine rings is 2. The normalized spacial score (nSPS) is 11.0. The summed E-state index contributed by atoms with van der Waals surface area (Å²) in [4.78, 5) is 27.7. The second-order valence-corrected chi connectivity index (χ2v) is 9.11. The number of nitrogens with one attached hydrogen (secondary N) is 1. The summed E-state index contributed by atoms with van der Waals surface area (Å²) >= 11 is 9.90. The molecule has 1 amide bonds. The van der Waals surface area contributed by atoms with Crippen molar-refractivity contribution in [2.45, 2.75) is 6.92 Å². The largest absolute Gasteiger partial charge is 0.475 e. The predicted octanol–water partition coefficient (Wildman–Crippen LogP) is 5.11. The van der Waals surface area contributed by atoms with E-state index in [0.717, 1.165) is 17.7 Å². The zero-order chi connectivity index (χ0) is 24.9. The molecule has 0 bridgehead atoms. The highest BCUT2D eigenvalue weighted by atomic mass is 79.9. The molecule has 0 aliphatic rings. The minimum atomic E-state index is -0.341. The highest BCUT2D eigenvalue weighted by molar-refractivity contribution is 9.10. The van der Waals surface area contributed by atoms with Gasteiger partial charge in [-0.05, 0) is 60.4 Å². The molecule has 0 spiro atoms. The molecule has 11 heteroatoms. The van der Waals surface area contributed by atoms with Gasteiger partial charge in [0.1, 0.15) is 12.4 Å². The quantitative estimate of drug-likeness (QED) is 0.319. The Morgan fingerprint density at radius 2 is 2.00 bits per heavy atom. The third-order valence-electron chi connectivity index (χ3n) is 4.89. The first-order chi connectivity index (χ1) is 16.8. The smallest absolute Gasteiger partial charge is 0.258 e. The molecule has 3 heterocycles. The first-order valence-electron chi connectivity index (χ1n) is 10.6. The summed E-state index contributed by atoms with van der Waals surface area (Å²) in [6.45, 7) is 2.94. The van der Waals surface area contributed by atoms with Crippen molar-refractivity contribution in [1.82, 2.24) is 25.0 Å². The maximum absolute atomic E-state index is 12.7. The second kappa shape index (κ2) is 10.9. The lowest BCUT2D eigenvalue weighted by Crippen LogP contribution is -2.20. The minimum Gasteiger partial charge on any atom is -0.475 e. The van der Waals surface area contributed by atoms with Gasteiger partial charge in [-0.2, -0.15) is 9.97 Å². The highest BCUT2D eigenvalue weighted by Crippen LogP contribution is 2.30. The Balaban J connectivity index is 1.45. The summed E-state index contributed by atoms with van der Waals surface area (Å²) < 4.78 is 11.4. The van der Waals surface area contributed by atoms with Crippen molar-refractivity contribution in [1.29, 1.82) is 0 Å². The number of carbonyl (C=O) groups excluding carboxylic acids is 1. The molecule has 0 unspecified atom stereocenters. The molecule has 180 valence electrons. The summed E-state index contributed by atoms with van der Waals surface area (Å²) in [6.07, 6.45) is 1.49. The van der Waals surface area contributed by atoms with E-state index in [9.17, 15) is 4.79 Å². The summed E-state index contributed by atoms with van der Waals surface area (Å²) in [7, 11) is 3.92. The van der Waals surface area contributed by atoms with Crippen molar-refractivity contribution in [3.63, 3.8) is 0 Å². The Kier molecular flexibility index (Phi) is 7.74. The number of hydrogen-bond donors (Lipinski definition) is 1. The van der Waals surface area contributed by atoms with Crippen LogP contribution in [0.25, 0.3) is 22.6 Å². The standard InChI is InChI=1S/C24H22BrClN6O3/c1-14-28-22(31-35-14)15-4-6-17(19(26)12-15)20-8-5-16(13-27-20)23(33)29-21-9-7-18(25)24(30-21)34-11-10-32(2)3/h4-9,12-13H,10-11H2,1-3H3,(H,29,30,33). The lowest BCUT2D eigenvalue weighted by Gasteiger charge is -2.12. The van der Waals surface area contributed by atoms with Crippen LogP contribution >= 0.6 is 27.5 Å². The molecule has 0 atom stereocenters. The van der Waals surface area contributed by atoms with Gasteiger partial charge in [0.15, 0.2) is 0 Å². The van der Waals surface area contributed by atoms with Crippen molar-refractivity contribution in [2.75, 3.05) is 32.6 Å². The van der Waals surface area contributed by atoms with E-state index in [1.54, 1.807) is 37.3 Å². The number of aromatic nitrogens is 4. The molecule has 4 rings (SSSR count). The van der Waals surface area contributed by atoms with Gasteiger partial charge >= 0.3 is 0 Å². The van der Waals surface area contributed by atoms with Gasteiger partial charge in [0.25, 0.3) is 5.91 Å². The Bertz CT molecular complexity index is 1340. The van der Waals surface area contributed by atoms with Gasteiger partial charge in [-0.15, -0.1) is 0 Å². The molecule has 4 aromatic rings. The maximum atomic E-state index is 12.7. The van der Waals surface area contributed by atoms with Crippen LogP contribution in [-0.4, -0.2) is 58.2 Å². The van der Waals surface area contributed by atoms with E-state index in [0.29, 0.717) is 50.8 Å². The Morgan fingerprint density at radius 3 is 2.66 bits per heavy atom. The molecule has 0 fully saturated rings. The van der Waals surface area contributed by atoms with Crippen LogP contribution in [0.1, 0.15) is 16.2 Å². The van der Waals surface area contributed by atoms with Crippen LogP contribution in [0.5, 0.6) is 5.88 Å². The molecule has 1 aromatic carbocycles. The van der Waals surface area contributed by atoms with Crippen LogP contribution in [-0.2, 0) is 0 Å². The van der Waals surface area contributed by atoms with Gasteiger partial charge in [0, 0.05) is 30.8 Å². The third-order valence-corrected chi connectivity index (χ3v) is 5.81. The van der Waals surface area contributed by atoms with Crippen LogP contribution in [0.2, 0.25) is 5.02 Å². The molecular formula is C24H22BrClN6O3. The average Bonchev–Trinajstić information content (AvgIpc) is 3.27. The van der Waals surface area contributed by atoms with Gasteiger partial charge in [0.2, 0.25) is 17.6 Å². The summed E-state index contributed by atoms with van der Waals surface area (Å²) in [5.41, 5.74) is 2.46. The SMILES string of the molecule is Cc1nc(-c2ccc(-c3ccc(C(=O)Nc4ccc(Br)c(OCCN(C)C)n4)cn3)c(Cl)c2)no1. The van der Waals surface area contributed by atoms with Gasteiger partial charge in [0.05, 0.1) is 20.8 Å². The van der Waals surface area contributed by atoms with Crippen molar-refractivity contribution in [2.24, 2.45) is 0 Å². The van der Waals surface area contributed by atoms with Gasteiger partial charge in [-0.25, -0.2) is 0 Å². The van der Waals surface area contributed by atoms with Crippen molar-refractivity contribution in [3.8, 4) is 28.5 Å². The van der Waals surface area contributed by atoms with Crippen LogP contribution in [0, 0.1) is 6.92 Å². The van der Waals surface area contributed by atoms with E-state index in [1.807, 2.05) is 31.1 Å². The van der Waals surface area contributed by atoms with E-state index in [-0.39, 0.29) is 5.91 Å². The monoisotopic (exact) mass is 556 g/mol. The fourth-order valence-electron chi connectivity index (χ4n) is 3.07. The number of anilines is 1. The summed E-state index contributed by atoms with van der Waals surface area (Å²) in [5.74, 6) is 1.38. The van der Waals surface area contributed by atoms with Crippen LogP contribution in [0.3, 0.4) is 0 Å². The predicted molar refractivity (Wildman–Crippen MR) is 137 cm³/mol. The zero-order valence-corrected chi connectivity index (χ0v) is 21.6. The number of likely N-dealkylation sites (N-methyl/N-ethyl adjacent to an activating group) is 1. The van der Waals surface area contributed by atoms with Crippen molar-refractivity contribution >= 4 is 39.3 Å². The topological polar surface area (TPSA) is 106 Å². The number of hydrogen-bond acceptors (Lipinski definition) is 8. The fourth-order valence-corrected chi connectivity index (χ4v) is 3.69. The van der Waals surface area contributed by atoms with Crippen LogP contribution in [0.4, 0.5) is 5.82 Å². The van der Waals surface area contributed by atoms with E-state index in [2.05, 4.69) is 41.4 Å². The van der Waals surface area contributed by atoms with E-state index in [1.165, 1.54) is 6.20 Å². The molecule has 3 aromatic heterocycles. The first kappa shape index (κ1) is 24.8. The molecule has 0 saturated heterocycles. The van der Waals surface area contributed by atoms with E-state index >= 15 is 0 Å². The lowest BCUT2D eigenvalue weighted by molar-refractivity contribution is 0.102. The molecular weight excluding hydrogens is 536 g/mol. The van der Waals surface area contributed by atoms with Gasteiger partial charge in [-0.1, -0.05) is 28.9 Å². The van der Waals surface area contributed by atoms with Crippen molar-refractivity contribution < 1.29 is 14.1 Å². The number of ether oxygens (including phenoxy) is 1. The van der Waals surface area contributed by atoms with E-state index in [4.69, 9.17) is 20.9 Å². The number of aryl methyl sites for hydroxylation is 1. The van der Waals surface area contributed by atoms with E-state index < -0.39 is 0 Å². The third kappa shape index (κ3) is 6.21. The molecule has 1 N–H and O–H groups in total. The van der Waals surface area contributed by atoms with Crippen LogP contribution < -0.4 is 10.1 Å². The Hall–Kier alpha value is -3.34. The Morgan fingerprint density at radius 1 is 1.17 bits per heavy atom. The van der Waals surface area contributed by atoms with Crippen LogP contribution in [0.15, 0.2) is 57.7 Å². The summed E-state index contributed by atoms with van der Waals surface area (Å²) in [6, 6.07) is 12.3. The molecule has 0 radical (unpaired) electrons. The number of rotatable bonds is 8. The zero-order valence-electron chi connectivity index (χ0n) is 19.2. The highest BCUT2D eigenvalue weighted by Gasteiger charge is 2.14. The minimum absolute atomic E-state index is 0.341. The first-order valence-corrected chi connectivity index (χ1v) is 11.8. The van der Waals surface area contributed by atoms with Gasteiger partial charge < -0.3 is 19.5 Å². The number of amides is 1. The lowest BCUT2D eigenvalue weighted by atomic mass is 10.1. The number of halogens is 2. The van der Waals surface area contributed by atoms with Crippen molar-refractivity contribution in [3.05, 3.63) is 69.6 Å². The average molecular weight is 558 g/mol. The molecule has 0 aliphatic heterocycles. The number of nitrogens with zero attached hydrogens (tertiary/aromatic N) is 5.